The van der Waals surface area contributed by atoms with E-state index >= 15 is 0 Å². The molecule has 0 N–H and O–H groups in total. The average molecular weight is 273 g/mol. The monoisotopic (exact) mass is 273 g/mol. The van der Waals surface area contributed by atoms with E-state index in [9.17, 15) is 22.0 Å². The molecule has 2 rings (SSSR count). The van der Waals surface area contributed by atoms with Gasteiger partial charge in [-0.05, 0) is 25.0 Å². The van der Waals surface area contributed by atoms with Gasteiger partial charge in [0.15, 0.2) is 9.84 Å². The minimum absolute atomic E-state index is 0.203. The Bertz CT molecular complexity index is 659. The summed E-state index contributed by atoms with van der Waals surface area (Å²) in [6, 6.07) is 1.49. The van der Waals surface area contributed by atoms with Crippen molar-refractivity contribution < 1.29 is 22.0 Å². The van der Waals surface area contributed by atoms with Crippen LogP contribution in [0.2, 0.25) is 0 Å². The zero-order valence-electron chi connectivity index (χ0n) is 9.41. The summed E-state index contributed by atoms with van der Waals surface area (Å²) < 4.78 is 50.1. The highest BCUT2D eigenvalue weighted by molar-refractivity contribution is 7.90. The largest absolute Gasteiger partial charge is 0.235 e. The topological polar surface area (TPSA) is 63.6 Å². The molecule has 0 aromatic heterocycles. The quantitative estimate of drug-likeness (QED) is 0.622. The third kappa shape index (κ3) is 2.07. The van der Waals surface area contributed by atoms with Crippen LogP contribution < -0.4 is 0 Å². The molecule has 0 spiro atoms. The van der Waals surface area contributed by atoms with Crippen LogP contribution in [0.4, 0.5) is 8.78 Å². The lowest BCUT2D eigenvalue weighted by molar-refractivity contribution is 0.520. The van der Waals surface area contributed by atoms with Crippen molar-refractivity contribution in [1.29, 1.82) is 0 Å². The van der Waals surface area contributed by atoms with Gasteiger partial charge in [-0.2, -0.15) is 4.99 Å². The summed E-state index contributed by atoms with van der Waals surface area (Å²) in [5, 5.41) is 0. The summed E-state index contributed by atoms with van der Waals surface area (Å²) in [5.41, 5.74) is -1.35. The third-order valence-electron chi connectivity index (χ3n) is 2.89. The molecule has 0 atom stereocenters. The number of sulfone groups is 1. The normalized spacial score (nSPS) is 17.1. The average Bonchev–Trinajstić information content (AvgIpc) is 3.01. The summed E-state index contributed by atoms with van der Waals surface area (Å²) >= 11 is 0. The second-order valence-corrected chi connectivity index (χ2v) is 6.26. The van der Waals surface area contributed by atoms with E-state index in [1.165, 1.54) is 6.08 Å². The fourth-order valence-electron chi connectivity index (χ4n) is 1.82. The van der Waals surface area contributed by atoms with Gasteiger partial charge in [0.1, 0.15) is 22.1 Å². The smallest absolute Gasteiger partial charge is 0.224 e. The van der Waals surface area contributed by atoms with E-state index in [2.05, 4.69) is 4.99 Å². The number of aliphatic imine (C=N–C) groups is 1. The molecule has 4 nitrogen and oxygen atoms in total. The first-order valence-corrected chi connectivity index (χ1v) is 6.98. The zero-order valence-corrected chi connectivity index (χ0v) is 10.2. The summed E-state index contributed by atoms with van der Waals surface area (Å²) in [7, 11) is -3.88. The van der Waals surface area contributed by atoms with Crippen molar-refractivity contribution >= 4 is 15.9 Å². The van der Waals surface area contributed by atoms with Crippen LogP contribution >= 0.6 is 0 Å². The van der Waals surface area contributed by atoms with Crippen LogP contribution in [0.3, 0.4) is 0 Å². The van der Waals surface area contributed by atoms with Gasteiger partial charge < -0.3 is 0 Å². The van der Waals surface area contributed by atoms with Crippen molar-refractivity contribution in [2.45, 2.75) is 23.3 Å². The second-order valence-electron chi connectivity index (χ2n) is 4.27. The number of halogens is 2. The number of rotatable bonds is 3. The maximum Gasteiger partial charge on any atom is 0.235 e. The highest BCUT2D eigenvalue weighted by Gasteiger charge is 2.47. The van der Waals surface area contributed by atoms with Gasteiger partial charge >= 0.3 is 0 Å². The molecule has 0 radical (unpaired) electrons. The van der Waals surface area contributed by atoms with Gasteiger partial charge in [0, 0.05) is 11.8 Å². The lowest BCUT2D eigenvalue weighted by atomic mass is 10.0. The fraction of sp³-hybridized carbons (Fsp3) is 0.364. The Morgan fingerprint density at radius 3 is 2.39 bits per heavy atom. The summed E-state index contributed by atoms with van der Waals surface area (Å²) in [6.07, 6.45) is 2.83. The van der Waals surface area contributed by atoms with E-state index in [0.29, 0.717) is 18.9 Å². The van der Waals surface area contributed by atoms with Gasteiger partial charge in [-0.1, -0.05) is 0 Å². The molecule has 7 heteroatoms. The number of benzene rings is 1. The lowest BCUT2D eigenvalue weighted by Gasteiger charge is -2.12. The molecule has 96 valence electrons. The Labute approximate surface area is 102 Å². The standard InChI is InChI=1S/C11H9F2NO3S/c1-18(16,17)9-5-7(12)4-8(10(9)13)11(2-3-11)14-6-15/h4-5H,2-3H2,1H3. The fourth-order valence-corrected chi connectivity index (χ4v) is 2.58. The molecule has 1 aliphatic rings. The van der Waals surface area contributed by atoms with E-state index < -0.39 is 31.9 Å². The minimum atomic E-state index is -3.88. The highest BCUT2D eigenvalue weighted by Crippen LogP contribution is 2.50. The van der Waals surface area contributed by atoms with Gasteiger partial charge in [-0.25, -0.2) is 22.0 Å². The first-order valence-electron chi connectivity index (χ1n) is 5.09. The SMILES string of the molecule is CS(=O)(=O)c1cc(F)cc(C2(N=C=O)CC2)c1F. The van der Waals surface area contributed by atoms with E-state index in [-0.39, 0.29) is 5.56 Å². The summed E-state index contributed by atoms with van der Waals surface area (Å²) in [5.74, 6) is -1.92. The molecule has 1 aromatic carbocycles. The summed E-state index contributed by atoms with van der Waals surface area (Å²) in [6.45, 7) is 0. The molecule has 18 heavy (non-hydrogen) atoms. The first-order chi connectivity index (χ1) is 8.30. The molecule has 0 unspecified atom stereocenters. The molecule has 0 bridgehead atoms. The maximum absolute atomic E-state index is 14.1. The van der Waals surface area contributed by atoms with Crippen molar-refractivity contribution in [3.63, 3.8) is 0 Å². The number of isocyanates is 1. The predicted octanol–water partition coefficient (Wildman–Crippen LogP) is 1.69. The Kier molecular flexibility index (Phi) is 2.83. The van der Waals surface area contributed by atoms with Gasteiger partial charge in [-0.15, -0.1) is 0 Å². The Balaban J connectivity index is 2.71. The first kappa shape index (κ1) is 12.9. The van der Waals surface area contributed by atoms with Crippen LogP contribution in [-0.4, -0.2) is 20.8 Å². The van der Waals surface area contributed by atoms with E-state index in [4.69, 9.17) is 0 Å². The Hall–Kier alpha value is -1.59. The van der Waals surface area contributed by atoms with Crippen LogP contribution in [0, 0.1) is 11.6 Å². The number of hydrogen-bond donors (Lipinski definition) is 0. The molecule has 0 saturated heterocycles. The molecule has 0 heterocycles. The van der Waals surface area contributed by atoms with Crippen molar-refractivity contribution in [3.05, 3.63) is 29.3 Å². The third-order valence-corrected chi connectivity index (χ3v) is 3.98. The van der Waals surface area contributed by atoms with Gasteiger partial charge in [-0.3, -0.25) is 0 Å². The predicted molar refractivity (Wildman–Crippen MR) is 58.5 cm³/mol. The van der Waals surface area contributed by atoms with Crippen molar-refractivity contribution in [3.8, 4) is 0 Å². The highest BCUT2D eigenvalue weighted by atomic mass is 32.2. The van der Waals surface area contributed by atoms with Gasteiger partial charge in [0.2, 0.25) is 6.08 Å². The van der Waals surface area contributed by atoms with Crippen molar-refractivity contribution in [1.82, 2.24) is 0 Å². The van der Waals surface area contributed by atoms with Gasteiger partial charge in [0.25, 0.3) is 0 Å². The summed E-state index contributed by atoms with van der Waals surface area (Å²) in [4.78, 5) is 13.0. The molecule has 1 fully saturated rings. The number of nitrogens with zero attached hydrogens (tertiary/aromatic N) is 1. The van der Waals surface area contributed by atoms with Gasteiger partial charge in [0.05, 0.1) is 0 Å². The molecular weight excluding hydrogens is 264 g/mol. The molecule has 0 amide bonds. The van der Waals surface area contributed by atoms with E-state index in [1.807, 2.05) is 0 Å². The van der Waals surface area contributed by atoms with Crippen molar-refractivity contribution in [2.24, 2.45) is 4.99 Å². The van der Waals surface area contributed by atoms with E-state index in [1.54, 1.807) is 0 Å². The number of hydrogen-bond acceptors (Lipinski definition) is 4. The van der Waals surface area contributed by atoms with E-state index in [0.717, 1.165) is 12.3 Å². The minimum Gasteiger partial charge on any atom is -0.224 e. The maximum atomic E-state index is 14.1. The van der Waals surface area contributed by atoms with Crippen LogP contribution in [0.15, 0.2) is 22.0 Å². The molecule has 1 aliphatic carbocycles. The molecule has 0 aliphatic heterocycles. The molecule has 1 aromatic rings. The van der Waals surface area contributed by atoms with Crippen molar-refractivity contribution in [2.75, 3.05) is 6.26 Å². The molecular formula is C11H9F2NO3S. The van der Waals surface area contributed by atoms with Crippen LogP contribution in [0.1, 0.15) is 18.4 Å². The van der Waals surface area contributed by atoms with Crippen LogP contribution in [-0.2, 0) is 20.2 Å². The van der Waals surface area contributed by atoms with Crippen LogP contribution in [0.5, 0.6) is 0 Å². The molecule has 1 saturated carbocycles. The van der Waals surface area contributed by atoms with Crippen LogP contribution in [0.25, 0.3) is 0 Å². The Morgan fingerprint density at radius 2 is 1.94 bits per heavy atom. The lowest BCUT2D eigenvalue weighted by Crippen LogP contribution is -2.11. The Morgan fingerprint density at radius 1 is 1.33 bits per heavy atom. The zero-order chi connectivity index (χ0) is 13.6. The second kappa shape index (κ2) is 3.96. The number of carbonyl (C=O) groups excluding carboxylic acids is 1.